The lowest BCUT2D eigenvalue weighted by molar-refractivity contribution is 0.807. The van der Waals surface area contributed by atoms with E-state index < -0.39 is 0 Å². The van der Waals surface area contributed by atoms with Gasteiger partial charge in [-0.25, -0.2) is 0 Å². The van der Waals surface area contributed by atoms with Crippen molar-refractivity contribution in [3.8, 4) is 0 Å². The van der Waals surface area contributed by atoms with Crippen molar-refractivity contribution in [2.24, 2.45) is 0 Å². The lowest BCUT2D eigenvalue weighted by atomic mass is 10.7. The molecule has 1 aliphatic rings. The molecule has 0 spiro atoms. The minimum Gasteiger partial charge on any atom is -0.344 e. The molecule has 0 aliphatic carbocycles. The fraction of sp³-hybridized carbons (Fsp3) is 1.00. The van der Waals surface area contributed by atoms with Crippen molar-refractivity contribution in [1.29, 1.82) is 0 Å². The zero-order valence-corrected chi connectivity index (χ0v) is 3.83. The molecule has 0 aromatic carbocycles. The predicted octanol–water partition coefficient (Wildman–Crippen LogP) is -0.701. The Kier molecular flexibility index (Phi) is 3.02. The molecule has 0 unspecified atom stereocenters. The monoisotopic (exact) mass is 89.1 g/mol. The van der Waals surface area contributed by atoms with Gasteiger partial charge >= 0.3 is 0 Å². The van der Waals surface area contributed by atoms with Crippen LogP contribution in [0, 0.1) is 0 Å². The van der Waals surface area contributed by atoms with E-state index in [0.29, 0.717) is 0 Å². The third-order valence-electron chi connectivity index (χ3n) is 0.729. The molecule has 3 nitrogen and oxygen atoms in total. The first-order valence-corrected chi connectivity index (χ1v) is 1.91. The topological polar surface area (TPSA) is 59.1 Å². The predicted molar refractivity (Wildman–Crippen MR) is 25.9 cm³/mol. The van der Waals surface area contributed by atoms with E-state index in [2.05, 4.69) is 10.6 Å². The molecule has 0 amide bonds. The highest BCUT2D eigenvalue weighted by atomic mass is 15.1. The molecule has 3 heteroatoms. The van der Waals surface area contributed by atoms with Gasteiger partial charge in [0.2, 0.25) is 0 Å². The van der Waals surface area contributed by atoms with Gasteiger partial charge in [0.25, 0.3) is 0 Å². The molecule has 1 aliphatic heterocycles. The minimum absolute atomic E-state index is 0. The van der Waals surface area contributed by atoms with Gasteiger partial charge in [-0.1, -0.05) is 0 Å². The van der Waals surface area contributed by atoms with Crippen LogP contribution in [0.5, 0.6) is 0 Å². The maximum Gasteiger partial charge on any atom is 0.0455 e. The van der Waals surface area contributed by atoms with E-state index in [1.54, 1.807) is 0 Å². The van der Waals surface area contributed by atoms with Gasteiger partial charge in [0.15, 0.2) is 0 Å². The van der Waals surface area contributed by atoms with Crippen molar-refractivity contribution >= 4 is 0 Å². The Balaban J connectivity index is 0.000000250. The summed E-state index contributed by atoms with van der Waals surface area (Å²) in [6.45, 7) is 3.28. The van der Waals surface area contributed by atoms with Crippen LogP contribution in [0.15, 0.2) is 0 Å². The highest BCUT2D eigenvalue weighted by Crippen LogP contribution is 1.62. The summed E-state index contributed by atoms with van der Waals surface area (Å²) in [5.41, 5.74) is 0. The van der Waals surface area contributed by atoms with E-state index in [1.165, 1.54) is 0 Å². The van der Waals surface area contributed by atoms with E-state index in [9.17, 15) is 0 Å². The first kappa shape index (κ1) is 5.88. The van der Waals surface area contributed by atoms with Gasteiger partial charge < -0.3 is 16.8 Å². The highest BCUT2D eigenvalue weighted by molar-refractivity contribution is 4.55. The summed E-state index contributed by atoms with van der Waals surface area (Å²) < 4.78 is 0. The van der Waals surface area contributed by atoms with Gasteiger partial charge in [-0.05, 0) is 0 Å². The van der Waals surface area contributed by atoms with Crippen molar-refractivity contribution < 1.29 is 0 Å². The molecule has 0 atom stereocenters. The number of hydrogen-bond donors (Lipinski definition) is 3. The minimum atomic E-state index is 0. The maximum atomic E-state index is 3.11. The lowest BCUT2D eigenvalue weighted by Crippen LogP contribution is -2.11. The zero-order chi connectivity index (χ0) is 3.54. The van der Waals surface area contributed by atoms with Crippen LogP contribution in [0.25, 0.3) is 0 Å². The molecular formula is C3H11N3. The molecule has 0 saturated carbocycles. The van der Waals surface area contributed by atoms with Crippen LogP contribution < -0.4 is 16.8 Å². The Bertz CT molecular complexity index is 17.6. The van der Waals surface area contributed by atoms with E-state index in [1.807, 2.05) is 0 Å². The Morgan fingerprint density at radius 2 is 1.50 bits per heavy atom. The molecule has 0 aromatic rings. The summed E-state index contributed by atoms with van der Waals surface area (Å²) in [7, 11) is 0. The second-order valence-corrected chi connectivity index (χ2v) is 1.18. The molecular weight excluding hydrogens is 78.1 g/mol. The van der Waals surface area contributed by atoms with Crippen molar-refractivity contribution in [3.63, 3.8) is 0 Å². The summed E-state index contributed by atoms with van der Waals surface area (Å²) in [5, 5.41) is 6.22. The van der Waals surface area contributed by atoms with Crippen molar-refractivity contribution in [3.05, 3.63) is 0 Å². The van der Waals surface area contributed by atoms with Gasteiger partial charge in [0, 0.05) is 19.8 Å². The third kappa shape index (κ3) is 1.35. The van der Waals surface area contributed by atoms with Crippen LogP contribution >= 0.6 is 0 Å². The Morgan fingerprint density at radius 3 is 1.67 bits per heavy atom. The van der Waals surface area contributed by atoms with Crippen LogP contribution in [-0.4, -0.2) is 19.8 Å². The normalized spacial score (nSPS) is 20.0. The fourth-order valence-electron chi connectivity index (χ4n) is 0.442. The standard InChI is InChI=1S/C3H8N2.H3N/c1-2-5-3-4-1;/h4-5H,1-3H2;1H3. The van der Waals surface area contributed by atoms with Gasteiger partial charge in [-0.3, -0.25) is 0 Å². The van der Waals surface area contributed by atoms with E-state index >= 15 is 0 Å². The Labute approximate surface area is 37.7 Å². The summed E-state index contributed by atoms with van der Waals surface area (Å²) in [4.78, 5) is 0. The summed E-state index contributed by atoms with van der Waals surface area (Å²) in [6, 6.07) is 0. The smallest absolute Gasteiger partial charge is 0.0455 e. The summed E-state index contributed by atoms with van der Waals surface area (Å²) >= 11 is 0. The first-order valence-electron chi connectivity index (χ1n) is 1.91. The number of hydrogen-bond acceptors (Lipinski definition) is 3. The Morgan fingerprint density at radius 1 is 1.00 bits per heavy atom. The molecule has 38 valence electrons. The van der Waals surface area contributed by atoms with E-state index in [4.69, 9.17) is 0 Å². The molecule has 5 N–H and O–H groups in total. The average molecular weight is 89.1 g/mol. The SMILES string of the molecule is C1CNCN1.N. The maximum absolute atomic E-state index is 3.11. The second kappa shape index (κ2) is 3.08. The van der Waals surface area contributed by atoms with Gasteiger partial charge in [-0.2, -0.15) is 0 Å². The highest BCUT2D eigenvalue weighted by Gasteiger charge is 1.90. The van der Waals surface area contributed by atoms with Crippen molar-refractivity contribution in [2.45, 2.75) is 0 Å². The summed E-state index contributed by atoms with van der Waals surface area (Å²) in [6.07, 6.45) is 0. The van der Waals surface area contributed by atoms with E-state index in [0.717, 1.165) is 19.8 Å². The van der Waals surface area contributed by atoms with Crippen LogP contribution in [0.2, 0.25) is 0 Å². The molecule has 1 rings (SSSR count). The Hall–Kier alpha value is -0.120. The van der Waals surface area contributed by atoms with Gasteiger partial charge in [0.1, 0.15) is 0 Å². The lowest BCUT2D eigenvalue weighted by Gasteiger charge is -1.77. The second-order valence-electron chi connectivity index (χ2n) is 1.18. The fourth-order valence-corrected chi connectivity index (χ4v) is 0.442. The molecule has 0 aromatic heterocycles. The van der Waals surface area contributed by atoms with Gasteiger partial charge in [0.05, 0.1) is 0 Å². The van der Waals surface area contributed by atoms with Gasteiger partial charge in [-0.15, -0.1) is 0 Å². The molecule has 1 heterocycles. The zero-order valence-electron chi connectivity index (χ0n) is 3.83. The van der Waals surface area contributed by atoms with Crippen LogP contribution in [0.4, 0.5) is 0 Å². The van der Waals surface area contributed by atoms with Crippen LogP contribution in [-0.2, 0) is 0 Å². The molecule has 1 fully saturated rings. The van der Waals surface area contributed by atoms with Crippen molar-refractivity contribution in [1.82, 2.24) is 16.8 Å². The largest absolute Gasteiger partial charge is 0.344 e. The van der Waals surface area contributed by atoms with Crippen LogP contribution in [0.1, 0.15) is 0 Å². The van der Waals surface area contributed by atoms with Crippen LogP contribution in [0.3, 0.4) is 0 Å². The molecule has 6 heavy (non-hydrogen) atoms. The quantitative estimate of drug-likeness (QED) is 0.368. The first-order chi connectivity index (χ1) is 2.50. The number of nitrogens with one attached hydrogen (secondary N) is 2. The molecule has 1 saturated heterocycles. The molecule has 0 bridgehead atoms. The molecule has 0 radical (unpaired) electrons. The van der Waals surface area contributed by atoms with Crippen molar-refractivity contribution in [2.75, 3.05) is 19.8 Å². The third-order valence-corrected chi connectivity index (χ3v) is 0.729. The summed E-state index contributed by atoms with van der Waals surface area (Å²) in [5.74, 6) is 0. The number of rotatable bonds is 0. The van der Waals surface area contributed by atoms with E-state index in [-0.39, 0.29) is 6.15 Å². The average Bonchev–Trinajstić information content (AvgIpc) is 1.76.